The van der Waals surface area contributed by atoms with Gasteiger partial charge in [0, 0.05) is 6.07 Å². The highest BCUT2D eigenvalue weighted by Gasteiger charge is 2.33. The van der Waals surface area contributed by atoms with E-state index in [2.05, 4.69) is 41.6 Å². The van der Waals surface area contributed by atoms with Gasteiger partial charge in [0.25, 0.3) is 0 Å². The summed E-state index contributed by atoms with van der Waals surface area (Å²) in [6.45, 7) is 0. The van der Waals surface area contributed by atoms with E-state index in [4.69, 9.17) is 0 Å². The van der Waals surface area contributed by atoms with E-state index in [-0.39, 0.29) is 9.21 Å². The van der Waals surface area contributed by atoms with E-state index >= 15 is 0 Å². The molecular weight excluding hydrogens is 338 g/mol. The summed E-state index contributed by atoms with van der Waals surface area (Å²) in [7, 11) is 0. The summed E-state index contributed by atoms with van der Waals surface area (Å²) in [6.07, 6.45) is -4.93. The molecule has 0 atom stereocenters. The van der Waals surface area contributed by atoms with Gasteiger partial charge in [0.1, 0.15) is 9.21 Å². The molecule has 0 unspecified atom stereocenters. The van der Waals surface area contributed by atoms with Gasteiger partial charge in [-0.3, -0.25) is 0 Å². The van der Waals surface area contributed by atoms with Crippen LogP contribution in [0, 0.1) is 5.82 Å². The fourth-order valence-corrected chi connectivity index (χ4v) is 1.66. The maximum absolute atomic E-state index is 13.0. The Hall–Kier alpha value is -0.370. The maximum atomic E-state index is 13.0. The monoisotopic (exact) mass is 337 g/mol. The lowest BCUT2D eigenvalue weighted by molar-refractivity contribution is -0.275. The summed E-state index contributed by atoms with van der Waals surface area (Å²) >= 11 is 5.44. The molecule has 78 valence electrons. The second-order valence-corrected chi connectivity index (χ2v) is 3.66. The summed E-state index contributed by atoms with van der Waals surface area (Å²) in [6, 6.07) is 0.785. The Morgan fingerprint density at radius 1 is 1.29 bits per heavy atom. The maximum Gasteiger partial charge on any atom is 0.573 e. The molecule has 14 heavy (non-hydrogen) atoms. The second kappa shape index (κ2) is 4.01. The van der Waals surface area contributed by atoms with Crippen LogP contribution >= 0.6 is 31.9 Å². The molecular formula is C6HBr2F4NO. The molecule has 0 aliphatic heterocycles. The van der Waals surface area contributed by atoms with Gasteiger partial charge in [-0.25, -0.2) is 4.98 Å². The minimum absolute atomic E-state index is 0.0324. The van der Waals surface area contributed by atoms with E-state index in [1.165, 1.54) is 0 Å². The first-order chi connectivity index (χ1) is 6.29. The molecule has 0 saturated carbocycles. The van der Waals surface area contributed by atoms with Crippen molar-refractivity contribution in [1.29, 1.82) is 0 Å². The zero-order valence-electron chi connectivity index (χ0n) is 6.20. The van der Waals surface area contributed by atoms with Crippen molar-refractivity contribution in [1.82, 2.24) is 4.98 Å². The lowest BCUT2D eigenvalue weighted by Crippen LogP contribution is -2.18. The van der Waals surface area contributed by atoms with Gasteiger partial charge >= 0.3 is 6.36 Å². The normalized spacial score (nSPS) is 11.6. The minimum Gasteiger partial charge on any atom is -0.402 e. The molecule has 0 aromatic carbocycles. The first kappa shape index (κ1) is 11.7. The van der Waals surface area contributed by atoms with Crippen molar-refractivity contribution in [3.05, 3.63) is 21.1 Å². The van der Waals surface area contributed by atoms with Crippen molar-refractivity contribution in [2.24, 2.45) is 0 Å². The van der Waals surface area contributed by atoms with Crippen molar-refractivity contribution in [2.75, 3.05) is 0 Å². The zero-order chi connectivity index (χ0) is 10.9. The molecule has 1 rings (SSSR count). The zero-order valence-corrected chi connectivity index (χ0v) is 9.37. The minimum atomic E-state index is -4.93. The summed E-state index contributed by atoms with van der Waals surface area (Å²) in [5, 5.41) is 0. The molecule has 1 heterocycles. The summed E-state index contributed by atoms with van der Waals surface area (Å²) in [4.78, 5) is 3.47. The van der Waals surface area contributed by atoms with Gasteiger partial charge in [0.15, 0.2) is 11.6 Å². The molecule has 0 spiro atoms. The fourth-order valence-electron chi connectivity index (χ4n) is 0.647. The van der Waals surface area contributed by atoms with Gasteiger partial charge in [0.05, 0.1) is 0 Å². The van der Waals surface area contributed by atoms with E-state index in [1.807, 2.05) is 0 Å². The van der Waals surface area contributed by atoms with Gasteiger partial charge < -0.3 is 4.74 Å². The van der Waals surface area contributed by atoms with Gasteiger partial charge in [-0.15, -0.1) is 13.2 Å². The third-order valence-electron chi connectivity index (χ3n) is 1.08. The highest BCUT2D eigenvalue weighted by atomic mass is 79.9. The van der Waals surface area contributed by atoms with Crippen LogP contribution < -0.4 is 4.74 Å². The lowest BCUT2D eigenvalue weighted by Gasteiger charge is -2.10. The van der Waals surface area contributed by atoms with Crippen molar-refractivity contribution < 1.29 is 22.3 Å². The highest BCUT2D eigenvalue weighted by molar-refractivity contribution is 9.11. The van der Waals surface area contributed by atoms with E-state index in [1.54, 1.807) is 0 Å². The SMILES string of the molecule is Fc1c(OC(F)(F)F)cc(Br)nc1Br. The number of hydrogen-bond acceptors (Lipinski definition) is 2. The van der Waals surface area contributed by atoms with Crippen LogP contribution in [0.1, 0.15) is 0 Å². The quantitative estimate of drug-likeness (QED) is 0.576. The standard InChI is InChI=1S/C6HBr2F4NO/c7-3-1-2(14-6(10,11)12)4(9)5(8)13-3/h1H. The number of ether oxygens (including phenoxy) is 1. The van der Waals surface area contributed by atoms with Gasteiger partial charge in [-0.1, -0.05) is 0 Å². The molecule has 8 heteroatoms. The number of halogens is 6. The molecule has 0 bridgehead atoms. The Balaban J connectivity index is 3.09. The molecule has 2 nitrogen and oxygen atoms in total. The van der Waals surface area contributed by atoms with E-state index < -0.39 is 17.9 Å². The van der Waals surface area contributed by atoms with E-state index in [9.17, 15) is 17.6 Å². The molecule has 1 aromatic heterocycles. The topological polar surface area (TPSA) is 22.1 Å². The molecule has 0 aliphatic rings. The largest absolute Gasteiger partial charge is 0.573 e. The smallest absolute Gasteiger partial charge is 0.402 e. The summed E-state index contributed by atoms with van der Waals surface area (Å²) < 4.78 is 51.3. The Morgan fingerprint density at radius 2 is 1.86 bits per heavy atom. The molecule has 0 saturated heterocycles. The van der Waals surface area contributed by atoms with Crippen molar-refractivity contribution in [3.8, 4) is 5.75 Å². The predicted molar refractivity (Wildman–Crippen MR) is 46.3 cm³/mol. The van der Waals surface area contributed by atoms with Gasteiger partial charge in [-0.05, 0) is 31.9 Å². The summed E-state index contributed by atoms with van der Waals surface area (Å²) in [5.74, 6) is -2.14. The van der Waals surface area contributed by atoms with Crippen LogP contribution in [0.4, 0.5) is 17.6 Å². The number of nitrogens with zero attached hydrogens (tertiary/aromatic N) is 1. The van der Waals surface area contributed by atoms with Crippen molar-refractivity contribution >= 4 is 31.9 Å². The lowest BCUT2D eigenvalue weighted by atomic mass is 10.4. The molecule has 1 aromatic rings. The van der Waals surface area contributed by atoms with Crippen molar-refractivity contribution in [3.63, 3.8) is 0 Å². The average molecular weight is 339 g/mol. The van der Waals surface area contributed by atoms with Crippen LogP contribution in [-0.2, 0) is 0 Å². The average Bonchev–Trinajstić information content (AvgIpc) is 1.96. The Bertz CT molecular complexity index is 354. The van der Waals surface area contributed by atoms with Crippen molar-refractivity contribution in [2.45, 2.75) is 6.36 Å². The van der Waals surface area contributed by atoms with Gasteiger partial charge in [-0.2, -0.15) is 4.39 Å². The third kappa shape index (κ3) is 3.09. The van der Waals surface area contributed by atoms with Crippen LogP contribution in [0.15, 0.2) is 15.3 Å². The number of hydrogen-bond donors (Lipinski definition) is 0. The Labute approximate surface area is 92.5 Å². The molecule has 0 fully saturated rings. The first-order valence-corrected chi connectivity index (χ1v) is 4.65. The fraction of sp³-hybridized carbons (Fsp3) is 0.167. The molecule has 0 radical (unpaired) electrons. The predicted octanol–water partition coefficient (Wildman–Crippen LogP) is 3.64. The molecule has 0 N–H and O–H groups in total. The van der Waals surface area contributed by atoms with Crippen LogP contribution in [0.25, 0.3) is 0 Å². The van der Waals surface area contributed by atoms with Crippen LogP contribution in [0.3, 0.4) is 0 Å². The molecule has 0 aliphatic carbocycles. The van der Waals surface area contributed by atoms with Crippen LogP contribution in [0.2, 0.25) is 0 Å². The van der Waals surface area contributed by atoms with E-state index in [0.717, 1.165) is 6.07 Å². The highest BCUT2D eigenvalue weighted by Crippen LogP contribution is 2.30. The number of aromatic nitrogens is 1. The van der Waals surface area contributed by atoms with Gasteiger partial charge in [0.2, 0.25) is 0 Å². The third-order valence-corrected chi connectivity index (χ3v) is 2.01. The number of rotatable bonds is 1. The summed E-state index contributed by atoms with van der Waals surface area (Å²) in [5.41, 5.74) is 0. The van der Waals surface area contributed by atoms with Crippen LogP contribution in [-0.4, -0.2) is 11.3 Å². The Morgan fingerprint density at radius 3 is 2.36 bits per heavy atom. The number of alkyl halides is 3. The second-order valence-electron chi connectivity index (χ2n) is 2.10. The number of pyridine rings is 1. The first-order valence-electron chi connectivity index (χ1n) is 3.07. The van der Waals surface area contributed by atoms with Crippen LogP contribution in [0.5, 0.6) is 5.75 Å². The molecule has 0 amide bonds. The van der Waals surface area contributed by atoms with E-state index in [0.29, 0.717) is 0 Å². The Kier molecular flexibility index (Phi) is 3.36.